The van der Waals surface area contributed by atoms with Gasteiger partial charge in [0.25, 0.3) is 5.91 Å². The van der Waals surface area contributed by atoms with Crippen molar-refractivity contribution >= 4 is 17.2 Å². The summed E-state index contributed by atoms with van der Waals surface area (Å²) in [6.07, 6.45) is 1.59. The molecule has 0 fully saturated rings. The van der Waals surface area contributed by atoms with Gasteiger partial charge in [0, 0.05) is 12.6 Å². The highest BCUT2D eigenvalue weighted by atomic mass is 32.1. The van der Waals surface area contributed by atoms with Gasteiger partial charge in [-0.15, -0.1) is 11.3 Å². The maximum Gasteiger partial charge on any atom is 0.289 e. The second-order valence-electron chi connectivity index (χ2n) is 4.53. The lowest BCUT2D eigenvalue weighted by Crippen LogP contribution is -2.25. The number of rotatable bonds is 4. The van der Waals surface area contributed by atoms with E-state index in [1.165, 1.54) is 23.5 Å². The first kappa shape index (κ1) is 14.5. The standard InChI is InChI=1S/C16H14N2O3S/c1-18(20-2)16(19)14-13(11-7-4-3-5-8-11)17-15(22-14)12-9-6-10-21-12/h3-10H,1-2H3. The fraction of sp³-hybridized carbons (Fsp3) is 0.125. The molecule has 3 rings (SSSR count). The Labute approximate surface area is 131 Å². The van der Waals surface area contributed by atoms with Crippen molar-refractivity contribution in [3.05, 3.63) is 53.6 Å². The van der Waals surface area contributed by atoms with Crippen molar-refractivity contribution in [2.45, 2.75) is 0 Å². The lowest BCUT2D eigenvalue weighted by atomic mass is 10.1. The van der Waals surface area contributed by atoms with E-state index in [9.17, 15) is 4.79 Å². The summed E-state index contributed by atoms with van der Waals surface area (Å²) in [5.41, 5.74) is 1.51. The van der Waals surface area contributed by atoms with Gasteiger partial charge in [0.15, 0.2) is 10.8 Å². The van der Waals surface area contributed by atoms with E-state index in [0.29, 0.717) is 21.3 Å². The molecule has 22 heavy (non-hydrogen) atoms. The van der Waals surface area contributed by atoms with Crippen molar-refractivity contribution in [1.82, 2.24) is 10.0 Å². The summed E-state index contributed by atoms with van der Waals surface area (Å²) in [6, 6.07) is 13.2. The van der Waals surface area contributed by atoms with Crippen LogP contribution in [0.4, 0.5) is 0 Å². The Morgan fingerprint density at radius 1 is 1.23 bits per heavy atom. The van der Waals surface area contributed by atoms with Crippen molar-refractivity contribution in [2.24, 2.45) is 0 Å². The highest BCUT2D eigenvalue weighted by molar-refractivity contribution is 7.17. The Bertz CT molecular complexity index is 766. The van der Waals surface area contributed by atoms with Crippen LogP contribution in [0.5, 0.6) is 0 Å². The highest BCUT2D eigenvalue weighted by Crippen LogP contribution is 2.34. The first-order valence-corrected chi connectivity index (χ1v) is 7.44. The minimum Gasteiger partial charge on any atom is -0.462 e. The van der Waals surface area contributed by atoms with E-state index in [-0.39, 0.29) is 5.91 Å². The van der Waals surface area contributed by atoms with E-state index in [0.717, 1.165) is 5.56 Å². The maximum atomic E-state index is 12.5. The lowest BCUT2D eigenvalue weighted by molar-refractivity contribution is -0.0753. The molecule has 0 aliphatic heterocycles. The predicted octanol–water partition coefficient (Wildman–Crippen LogP) is 3.70. The summed E-state index contributed by atoms with van der Waals surface area (Å²) < 4.78 is 5.38. The topological polar surface area (TPSA) is 55.6 Å². The van der Waals surface area contributed by atoms with Gasteiger partial charge in [-0.3, -0.25) is 9.63 Å². The molecule has 0 aliphatic carbocycles. The third-order valence-electron chi connectivity index (χ3n) is 3.16. The zero-order chi connectivity index (χ0) is 15.5. The van der Waals surface area contributed by atoms with Crippen molar-refractivity contribution in [2.75, 3.05) is 14.2 Å². The normalized spacial score (nSPS) is 10.6. The fourth-order valence-electron chi connectivity index (χ4n) is 1.99. The van der Waals surface area contributed by atoms with E-state index < -0.39 is 0 Å². The van der Waals surface area contributed by atoms with Gasteiger partial charge < -0.3 is 4.42 Å². The van der Waals surface area contributed by atoms with E-state index in [4.69, 9.17) is 9.25 Å². The zero-order valence-electron chi connectivity index (χ0n) is 12.1. The molecular formula is C16H14N2O3S. The summed E-state index contributed by atoms with van der Waals surface area (Å²) in [5.74, 6) is 0.401. The van der Waals surface area contributed by atoms with Gasteiger partial charge in [0.05, 0.1) is 19.1 Å². The first-order valence-electron chi connectivity index (χ1n) is 6.63. The number of hydrogen-bond acceptors (Lipinski definition) is 5. The predicted molar refractivity (Wildman–Crippen MR) is 84.4 cm³/mol. The molecule has 3 aromatic rings. The third kappa shape index (κ3) is 2.66. The second-order valence-corrected chi connectivity index (χ2v) is 5.52. The molecule has 0 unspecified atom stereocenters. The van der Waals surface area contributed by atoms with E-state index in [1.807, 2.05) is 36.4 Å². The molecule has 6 heteroatoms. The summed E-state index contributed by atoms with van der Waals surface area (Å²) in [6.45, 7) is 0. The van der Waals surface area contributed by atoms with E-state index in [1.54, 1.807) is 19.4 Å². The number of hydrogen-bond donors (Lipinski definition) is 0. The molecule has 0 spiro atoms. The number of carbonyl (C=O) groups excluding carboxylic acids is 1. The number of thiazole rings is 1. The number of carbonyl (C=O) groups is 1. The largest absolute Gasteiger partial charge is 0.462 e. The first-order chi connectivity index (χ1) is 10.7. The third-order valence-corrected chi connectivity index (χ3v) is 4.22. The van der Waals surface area contributed by atoms with E-state index >= 15 is 0 Å². The SMILES string of the molecule is CON(C)C(=O)c1sc(-c2ccco2)nc1-c1ccccc1. The Balaban J connectivity index is 2.12. The van der Waals surface area contributed by atoms with E-state index in [2.05, 4.69) is 4.98 Å². The molecule has 5 nitrogen and oxygen atoms in total. The summed E-state index contributed by atoms with van der Waals surface area (Å²) in [4.78, 5) is 22.6. The van der Waals surface area contributed by atoms with Crippen molar-refractivity contribution < 1.29 is 14.0 Å². The van der Waals surface area contributed by atoms with Gasteiger partial charge in [0.2, 0.25) is 0 Å². The smallest absolute Gasteiger partial charge is 0.289 e. The molecule has 2 heterocycles. The molecule has 1 aromatic carbocycles. The van der Waals surface area contributed by atoms with Gasteiger partial charge in [-0.1, -0.05) is 30.3 Å². The van der Waals surface area contributed by atoms with Crippen LogP contribution in [0.25, 0.3) is 22.0 Å². The number of benzene rings is 1. The molecule has 0 saturated heterocycles. The van der Waals surface area contributed by atoms with Crippen LogP contribution in [0.2, 0.25) is 0 Å². The second kappa shape index (κ2) is 6.13. The van der Waals surface area contributed by atoms with Crippen LogP contribution in [0, 0.1) is 0 Å². The van der Waals surface area contributed by atoms with Gasteiger partial charge in [-0.05, 0) is 12.1 Å². The van der Waals surface area contributed by atoms with Gasteiger partial charge >= 0.3 is 0 Å². The molecule has 112 valence electrons. The molecule has 0 bridgehead atoms. The minimum atomic E-state index is -0.239. The summed E-state index contributed by atoms with van der Waals surface area (Å²) >= 11 is 1.29. The molecule has 0 N–H and O–H groups in total. The average molecular weight is 314 g/mol. The van der Waals surface area contributed by atoms with Crippen LogP contribution < -0.4 is 0 Å². The Hall–Kier alpha value is -2.44. The summed E-state index contributed by atoms with van der Waals surface area (Å²) in [7, 11) is 3.03. The van der Waals surface area contributed by atoms with Crippen LogP contribution in [0.3, 0.4) is 0 Å². The molecule has 0 radical (unpaired) electrons. The quantitative estimate of drug-likeness (QED) is 0.689. The zero-order valence-corrected chi connectivity index (χ0v) is 13.0. The number of hydroxylamine groups is 2. The molecule has 0 aliphatic rings. The average Bonchev–Trinajstić information content (AvgIpc) is 3.23. The fourth-order valence-corrected chi connectivity index (χ4v) is 3.01. The van der Waals surface area contributed by atoms with Gasteiger partial charge in [0.1, 0.15) is 4.88 Å². The van der Waals surface area contributed by atoms with Crippen molar-refractivity contribution in [3.8, 4) is 22.0 Å². The van der Waals surface area contributed by atoms with Crippen LogP contribution in [0.15, 0.2) is 53.1 Å². The molecule has 0 saturated carbocycles. The molecule has 1 amide bonds. The molecule has 0 atom stereocenters. The number of amides is 1. The lowest BCUT2D eigenvalue weighted by Gasteiger charge is -2.12. The number of furan rings is 1. The molecule has 2 aromatic heterocycles. The van der Waals surface area contributed by atoms with Crippen LogP contribution in [0.1, 0.15) is 9.67 Å². The van der Waals surface area contributed by atoms with Gasteiger partial charge in [-0.25, -0.2) is 10.0 Å². The van der Waals surface area contributed by atoms with Crippen LogP contribution >= 0.6 is 11.3 Å². The Kier molecular flexibility index (Phi) is 4.04. The van der Waals surface area contributed by atoms with Crippen molar-refractivity contribution in [3.63, 3.8) is 0 Å². The Morgan fingerprint density at radius 2 is 2.00 bits per heavy atom. The highest BCUT2D eigenvalue weighted by Gasteiger charge is 2.23. The maximum absolute atomic E-state index is 12.5. The van der Waals surface area contributed by atoms with Crippen LogP contribution in [-0.4, -0.2) is 30.1 Å². The van der Waals surface area contributed by atoms with Gasteiger partial charge in [-0.2, -0.15) is 0 Å². The number of nitrogens with zero attached hydrogens (tertiary/aromatic N) is 2. The Morgan fingerprint density at radius 3 is 2.64 bits per heavy atom. The number of aromatic nitrogens is 1. The monoisotopic (exact) mass is 314 g/mol. The summed E-state index contributed by atoms with van der Waals surface area (Å²) in [5, 5.41) is 1.85. The minimum absolute atomic E-state index is 0.239. The van der Waals surface area contributed by atoms with Crippen molar-refractivity contribution in [1.29, 1.82) is 0 Å². The molecular weight excluding hydrogens is 300 g/mol. The van der Waals surface area contributed by atoms with Crippen LogP contribution in [-0.2, 0) is 4.84 Å².